The van der Waals surface area contributed by atoms with Gasteiger partial charge >= 0.3 is 0 Å². The minimum atomic E-state index is -0.443. The van der Waals surface area contributed by atoms with E-state index in [4.69, 9.17) is 16.6 Å². The van der Waals surface area contributed by atoms with E-state index in [0.29, 0.717) is 30.1 Å². The van der Waals surface area contributed by atoms with Crippen molar-refractivity contribution >= 4 is 44.9 Å². The molecule has 8 heteroatoms. The minimum Gasteiger partial charge on any atom is -0.361 e. The molecule has 1 aliphatic carbocycles. The topological polar surface area (TPSA) is 52.2 Å². The van der Waals surface area contributed by atoms with E-state index in [1.807, 2.05) is 60.4 Å². The van der Waals surface area contributed by atoms with Gasteiger partial charge in [0.1, 0.15) is 11.5 Å². The number of hydrogen-bond donors (Lipinski definition) is 1. The first-order valence-corrected chi connectivity index (χ1v) is 12.6. The van der Waals surface area contributed by atoms with E-state index >= 15 is 0 Å². The molecule has 0 bridgehead atoms. The molecule has 2 aromatic heterocycles. The van der Waals surface area contributed by atoms with Gasteiger partial charge in [-0.3, -0.25) is 4.79 Å². The molecule has 5 nitrogen and oxygen atoms in total. The molecule has 1 fully saturated rings. The molecular weight excluding hydrogens is 471 g/mol. The lowest BCUT2D eigenvalue weighted by Gasteiger charge is -2.22. The molecule has 2 aromatic carbocycles. The Morgan fingerprint density at radius 1 is 1.24 bits per heavy atom. The fraction of sp³-hybridized carbons (Fsp3) is 0.308. The maximum absolute atomic E-state index is 13.8. The number of rotatable bonds is 8. The van der Waals surface area contributed by atoms with Gasteiger partial charge in [0.2, 0.25) is 0 Å². The number of anilines is 1. The number of nitrogens with zero attached hydrogens (tertiary/aromatic N) is 3. The first-order chi connectivity index (χ1) is 16.4. The third-order valence-electron chi connectivity index (χ3n) is 6.16. The molecular formula is C26H26ClFN4OS. The minimum absolute atomic E-state index is 0.0426. The fourth-order valence-electron chi connectivity index (χ4n) is 4.10. The van der Waals surface area contributed by atoms with E-state index in [-0.39, 0.29) is 10.9 Å². The Bertz CT molecular complexity index is 1330. The number of H-pyrrole nitrogens is 1. The van der Waals surface area contributed by atoms with Crippen molar-refractivity contribution in [3.8, 4) is 10.4 Å². The standard InChI is InChI=1S/C26H26ClFN4OS/c1-31(2)26-30-23(24(34-26)17-6-4-3-5-7-17)25(33)32(15-16-8-9-16)11-10-18-14-29-22-13-21(28)20(27)12-19(18)22/h3-7,12-14,16,29H,8-11,15H2,1-2H3. The second-order valence-corrected chi connectivity index (χ2v) is 10.4. The van der Waals surface area contributed by atoms with Gasteiger partial charge in [0.15, 0.2) is 5.13 Å². The number of halogens is 2. The van der Waals surface area contributed by atoms with Crippen LogP contribution in [0.1, 0.15) is 28.9 Å². The van der Waals surface area contributed by atoms with Gasteiger partial charge < -0.3 is 14.8 Å². The third kappa shape index (κ3) is 4.68. The van der Waals surface area contributed by atoms with Gasteiger partial charge in [-0.2, -0.15) is 0 Å². The Balaban J connectivity index is 1.44. The maximum Gasteiger partial charge on any atom is 0.274 e. The summed E-state index contributed by atoms with van der Waals surface area (Å²) in [5.74, 6) is 0.0587. The van der Waals surface area contributed by atoms with Gasteiger partial charge in [-0.1, -0.05) is 53.3 Å². The Kier molecular flexibility index (Phi) is 6.32. The zero-order chi connectivity index (χ0) is 23.8. The lowest BCUT2D eigenvalue weighted by Crippen LogP contribution is -2.35. The molecule has 0 spiro atoms. The normalized spacial score (nSPS) is 13.4. The number of aromatic nitrogens is 2. The maximum atomic E-state index is 13.8. The van der Waals surface area contributed by atoms with E-state index < -0.39 is 5.82 Å². The largest absolute Gasteiger partial charge is 0.361 e. The van der Waals surface area contributed by atoms with Crippen molar-refractivity contribution in [1.29, 1.82) is 0 Å². The lowest BCUT2D eigenvalue weighted by atomic mass is 10.1. The predicted octanol–water partition coefficient (Wildman–Crippen LogP) is 6.24. The summed E-state index contributed by atoms with van der Waals surface area (Å²) in [5, 5.41) is 1.80. The monoisotopic (exact) mass is 496 g/mol. The second-order valence-electron chi connectivity index (χ2n) is 9.00. The summed E-state index contributed by atoms with van der Waals surface area (Å²) in [6, 6.07) is 13.0. The van der Waals surface area contributed by atoms with Crippen molar-refractivity contribution in [2.24, 2.45) is 5.92 Å². The van der Waals surface area contributed by atoms with Crippen LogP contribution in [0.15, 0.2) is 48.7 Å². The number of thiazole rings is 1. The molecule has 34 heavy (non-hydrogen) atoms. The third-order valence-corrected chi connectivity index (χ3v) is 7.72. The lowest BCUT2D eigenvalue weighted by molar-refractivity contribution is 0.0745. The van der Waals surface area contributed by atoms with Crippen LogP contribution in [0.25, 0.3) is 21.3 Å². The first kappa shape index (κ1) is 22.9. The first-order valence-electron chi connectivity index (χ1n) is 11.4. The number of carbonyl (C=O) groups excluding carboxylic acids is 1. The smallest absolute Gasteiger partial charge is 0.274 e. The zero-order valence-electron chi connectivity index (χ0n) is 19.1. The highest BCUT2D eigenvalue weighted by atomic mass is 35.5. The summed E-state index contributed by atoms with van der Waals surface area (Å²) in [6.45, 7) is 1.28. The molecule has 1 saturated carbocycles. The number of hydrogen-bond acceptors (Lipinski definition) is 4. The summed E-state index contributed by atoms with van der Waals surface area (Å²) in [5.41, 5.74) is 3.22. The summed E-state index contributed by atoms with van der Waals surface area (Å²) in [6.07, 6.45) is 4.82. The zero-order valence-corrected chi connectivity index (χ0v) is 20.7. The Morgan fingerprint density at radius 2 is 2.00 bits per heavy atom. The summed E-state index contributed by atoms with van der Waals surface area (Å²) < 4.78 is 13.8. The molecule has 0 atom stereocenters. The fourth-order valence-corrected chi connectivity index (χ4v) is 5.25. The van der Waals surface area contributed by atoms with E-state index in [9.17, 15) is 9.18 Å². The molecule has 1 N–H and O–H groups in total. The van der Waals surface area contributed by atoms with E-state index in [2.05, 4.69) is 4.98 Å². The molecule has 0 unspecified atom stereocenters. The van der Waals surface area contributed by atoms with Crippen LogP contribution in [0, 0.1) is 11.7 Å². The molecule has 2 heterocycles. The summed E-state index contributed by atoms with van der Waals surface area (Å²) in [4.78, 5) is 26.5. The summed E-state index contributed by atoms with van der Waals surface area (Å²) in [7, 11) is 3.88. The van der Waals surface area contributed by atoms with Crippen molar-refractivity contribution in [2.75, 3.05) is 32.1 Å². The molecule has 176 valence electrons. The van der Waals surface area contributed by atoms with Crippen LogP contribution in [-0.4, -0.2) is 48.0 Å². The number of nitrogens with one attached hydrogen (secondary N) is 1. The molecule has 1 aliphatic rings. The highest BCUT2D eigenvalue weighted by Gasteiger charge is 2.30. The number of fused-ring (bicyclic) bond motifs is 1. The van der Waals surface area contributed by atoms with Gasteiger partial charge in [0, 0.05) is 44.3 Å². The Morgan fingerprint density at radius 3 is 2.71 bits per heavy atom. The van der Waals surface area contributed by atoms with Gasteiger partial charge in [-0.25, -0.2) is 9.37 Å². The van der Waals surface area contributed by atoms with Crippen molar-refractivity contribution in [3.05, 3.63) is 70.8 Å². The highest BCUT2D eigenvalue weighted by Crippen LogP contribution is 2.36. The number of amides is 1. The van der Waals surface area contributed by atoms with Crippen LogP contribution >= 0.6 is 22.9 Å². The van der Waals surface area contributed by atoms with Crippen LogP contribution in [0.3, 0.4) is 0 Å². The van der Waals surface area contributed by atoms with Crippen LogP contribution in [-0.2, 0) is 6.42 Å². The molecule has 1 amide bonds. The van der Waals surface area contributed by atoms with Gasteiger partial charge in [-0.15, -0.1) is 0 Å². The molecule has 5 rings (SSSR count). The quantitative estimate of drug-likeness (QED) is 0.314. The SMILES string of the molecule is CN(C)c1nc(C(=O)N(CCc2c[nH]c3cc(F)c(Cl)cc23)CC2CC2)c(-c2ccccc2)s1. The second kappa shape index (κ2) is 9.39. The van der Waals surface area contributed by atoms with Crippen LogP contribution < -0.4 is 4.90 Å². The van der Waals surface area contributed by atoms with Crippen molar-refractivity contribution < 1.29 is 9.18 Å². The number of benzene rings is 2. The van der Waals surface area contributed by atoms with Gasteiger partial charge in [0.05, 0.1) is 9.90 Å². The van der Waals surface area contributed by atoms with Gasteiger partial charge in [-0.05, 0) is 48.4 Å². The van der Waals surface area contributed by atoms with Crippen molar-refractivity contribution in [3.63, 3.8) is 0 Å². The predicted molar refractivity (Wildman–Crippen MR) is 137 cm³/mol. The highest BCUT2D eigenvalue weighted by molar-refractivity contribution is 7.19. The molecule has 0 saturated heterocycles. The van der Waals surface area contributed by atoms with E-state index in [1.165, 1.54) is 17.4 Å². The molecule has 0 aliphatic heterocycles. The van der Waals surface area contributed by atoms with Crippen LogP contribution in [0.2, 0.25) is 5.02 Å². The summed E-state index contributed by atoms with van der Waals surface area (Å²) >= 11 is 7.56. The molecule has 0 radical (unpaired) electrons. The Labute approximate surface area is 207 Å². The van der Waals surface area contributed by atoms with Crippen LogP contribution in [0.4, 0.5) is 9.52 Å². The molecule has 4 aromatic rings. The average molecular weight is 497 g/mol. The van der Waals surface area contributed by atoms with Crippen molar-refractivity contribution in [2.45, 2.75) is 19.3 Å². The average Bonchev–Trinajstić information content (AvgIpc) is 3.40. The van der Waals surface area contributed by atoms with E-state index in [1.54, 1.807) is 6.07 Å². The van der Waals surface area contributed by atoms with Crippen molar-refractivity contribution in [1.82, 2.24) is 14.9 Å². The Hall–Kier alpha value is -2.90. The number of carbonyl (C=O) groups is 1. The van der Waals surface area contributed by atoms with Gasteiger partial charge in [0.25, 0.3) is 5.91 Å². The van der Waals surface area contributed by atoms with E-state index in [0.717, 1.165) is 45.9 Å². The van der Waals surface area contributed by atoms with Crippen LogP contribution in [0.5, 0.6) is 0 Å². The number of aromatic amines is 1.